The van der Waals surface area contributed by atoms with Gasteiger partial charge in [-0.3, -0.25) is 4.79 Å². The van der Waals surface area contributed by atoms with Gasteiger partial charge in [-0.15, -0.1) is 0 Å². The minimum absolute atomic E-state index is 0.210. The first-order chi connectivity index (χ1) is 10.1. The minimum Gasteiger partial charge on any atom is -0.481 e. The number of carbonyl (C=O) groups excluding carboxylic acids is 1. The lowest BCUT2D eigenvalue weighted by Gasteiger charge is -2.23. The Labute approximate surface area is 143 Å². The molecule has 122 valence electrons. The number of rotatable bonds is 5. The van der Waals surface area contributed by atoms with Crippen molar-refractivity contribution in [3.05, 3.63) is 33.3 Å². The lowest BCUT2D eigenvalue weighted by atomic mass is 10.0. The lowest BCUT2D eigenvalue weighted by molar-refractivity contribution is -0.137. The molecule has 2 N–H and O–H groups in total. The van der Waals surface area contributed by atoms with Crippen molar-refractivity contribution in [3.8, 4) is 0 Å². The summed E-state index contributed by atoms with van der Waals surface area (Å²) in [5, 5.41) is 12.1. The molecule has 1 atom stereocenters. The third-order valence-electron chi connectivity index (χ3n) is 2.62. The van der Waals surface area contributed by atoms with Gasteiger partial charge in [0.25, 0.3) is 0 Å². The molecular formula is C15H19BrClNO4. The molecule has 0 spiro atoms. The summed E-state index contributed by atoms with van der Waals surface area (Å²) in [4.78, 5) is 22.8. The van der Waals surface area contributed by atoms with Crippen LogP contribution in [0.3, 0.4) is 0 Å². The van der Waals surface area contributed by atoms with Crippen LogP contribution in [-0.4, -0.2) is 28.8 Å². The first-order valence-corrected chi connectivity index (χ1v) is 7.89. The van der Waals surface area contributed by atoms with Crippen LogP contribution >= 0.6 is 27.5 Å². The molecule has 1 aromatic carbocycles. The second-order valence-corrected chi connectivity index (χ2v) is 7.17. The Balaban J connectivity index is 2.82. The number of carboxylic acid groups (broad SMARTS) is 1. The third-order valence-corrected chi connectivity index (χ3v) is 3.62. The maximum absolute atomic E-state index is 11.8. The van der Waals surface area contributed by atoms with Gasteiger partial charge in [0.1, 0.15) is 5.60 Å². The van der Waals surface area contributed by atoms with E-state index in [1.54, 1.807) is 39.0 Å². The first kappa shape index (κ1) is 18.8. The summed E-state index contributed by atoms with van der Waals surface area (Å²) in [6, 6.07) is 4.64. The molecule has 1 aromatic rings. The van der Waals surface area contributed by atoms with E-state index in [-0.39, 0.29) is 6.42 Å². The van der Waals surface area contributed by atoms with Crippen molar-refractivity contribution in [2.45, 2.75) is 45.3 Å². The largest absolute Gasteiger partial charge is 0.481 e. The van der Waals surface area contributed by atoms with Crippen molar-refractivity contribution >= 4 is 39.6 Å². The van der Waals surface area contributed by atoms with E-state index in [1.807, 2.05) is 0 Å². The van der Waals surface area contributed by atoms with Crippen molar-refractivity contribution in [2.75, 3.05) is 0 Å². The van der Waals surface area contributed by atoms with Gasteiger partial charge in [0.15, 0.2) is 0 Å². The van der Waals surface area contributed by atoms with E-state index in [9.17, 15) is 9.59 Å². The van der Waals surface area contributed by atoms with Gasteiger partial charge in [-0.25, -0.2) is 4.79 Å². The zero-order valence-electron chi connectivity index (χ0n) is 12.7. The number of hydrogen-bond acceptors (Lipinski definition) is 3. The SMILES string of the molecule is CC(C)(C)OC(=O)NC(CC(=O)O)Cc1cc(Cl)ccc1Br. The Bertz CT molecular complexity index is 557. The molecule has 1 rings (SSSR count). The maximum Gasteiger partial charge on any atom is 0.407 e. The summed E-state index contributed by atoms with van der Waals surface area (Å²) in [5.41, 5.74) is 0.170. The average Bonchev–Trinajstić information content (AvgIpc) is 2.30. The van der Waals surface area contributed by atoms with Crippen LogP contribution in [0.25, 0.3) is 0 Å². The van der Waals surface area contributed by atoms with Crippen molar-refractivity contribution in [2.24, 2.45) is 0 Å². The van der Waals surface area contributed by atoms with Crippen LogP contribution in [0, 0.1) is 0 Å². The fourth-order valence-corrected chi connectivity index (χ4v) is 2.43. The number of nitrogens with one attached hydrogen (secondary N) is 1. The second-order valence-electron chi connectivity index (χ2n) is 5.88. The van der Waals surface area contributed by atoms with Crippen LogP contribution in [0.5, 0.6) is 0 Å². The molecule has 0 aliphatic heterocycles. The average molecular weight is 393 g/mol. The maximum atomic E-state index is 11.8. The van der Waals surface area contributed by atoms with Gasteiger partial charge < -0.3 is 15.2 Å². The number of benzene rings is 1. The van der Waals surface area contributed by atoms with Crippen LogP contribution in [0.2, 0.25) is 5.02 Å². The summed E-state index contributed by atoms with van der Waals surface area (Å²) in [6.07, 6.45) is -0.526. The Hall–Kier alpha value is -1.27. The molecule has 0 radical (unpaired) electrons. The number of carbonyl (C=O) groups is 2. The Morgan fingerprint density at radius 1 is 1.41 bits per heavy atom. The summed E-state index contributed by atoms with van der Waals surface area (Å²) in [6.45, 7) is 5.23. The molecule has 0 aliphatic carbocycles. The van der Waals surface area contributed by atoms with E-state index in [0.29, 0.717) is 11.4 Å². The number of aliphatic carboxylic acids is 1. The standard InChI is InChI=1S/C15H19BrClNO4/c1-15(2,3)22-14(21)18-11(8-13(19)20)7-9-6-10(17)4-5-12(9)16/h4-6,11H,7-8H2,1-3H3,(H,18,21)(H,19,20). The predicted octanol–water partition coefficient (Wildman–Crippen LogP) is 4.01. The highest BCUT2D eigenvalue weighted by atomic mass is 79.9. The van der Waals surface area contributed by atoms with Gasteiger partial charge in [-0.1, -0.05) is 27.5 Å². The van der Waals surface area contributed by atoms with E-state index in [4.69, 9.17) is 21.4 Å². The quantitative estimate of drug-likeness (QED) is 0.794. The molecule has 1 amide bonds. The minimum atomic E-state index is -1.00. The second kappa shape index (κ2) is 7.83. The van der Waals surface area contributed by atoms with Gasteiger partial charge in [0.05, 0.1) is 6.42 Å². The number of alkyl carbamates (subject to hydrolysis) is 1. The van der Waals surface area contributed by atoms with Gasteiger partial charge in [-0.2, -0.15) is 0 Å². The van der Waals surface area contributed by atoms with Crippen LogP contribution in [0.4, 0.5) is 4.79 Å². The van der Waals surface area contributed by atoms with Crippen LogP contribution in [0.1, 0.15) is 32.8 Å². The van der Waals surface area contributed by atoms with Crippen molar-refractivity contribution in [3.63, 3.8) is 0 Å². The number of carboxylic acids is 1. The van der Waals surface area contributed by atoms with Gasteiger partial charge in [0, 0.05) is 15.5 Å². The molecule has 22 heavy (non-hydrogen) atoms. The van der Waals surface area contributed by atoms with Crippen molar-refractivity contribution in [1.82, 2.24) is 5.32 Å². The zero-order valence-corrected chi connectivity index (χ0v) is 15.0. The molecule has 0 aromatic heterocycles. The summed E-state index contributed by atoms with van der Waals surface area (Å²) in [7, 11) is 0. The Kier molecular flexibility index (Phi) is 6.68. The molecule has 5 nitrogen and oxygen atoms in total. The molecule has 0 saturated carbocycles. The fourth-order valence-electron chi connectivity index (χ4n) is 1.82. The first-order valence-electron chi connectivity index (χ1n) is 6.72. The predicted molar refractivity (Wildman–Crippen MR) is 88.3 cm³/mol. The molecule has 0 saturated heterocycles. The van der Waals surface area contributed by atoms with E-state index >= 15 is 0 Å². The number of halogens is 2. The highest BCUT2D eigenvalue weighted by Gasteiger charge is 2.22. The van der Waals surface area contributed by atoms with E-state index in [2.05, 4.69) is 21.2 Å². The summed E-state index contributed by atoms with van der Waals surface area (Å²) >= 11 is 9.34. The van der Waals surface area contributed by atoms with Crippen LogP contribution in [-0.2, 0) is 16.0 Å². The van der Waals surface area contributed by atoms with Crippen molar-refractivity contribution in [1.29, 1.82) is 0 Å². The highest BCUT2D eigenvalue weighted by Crippen LogP contribution is 2.23. The molecule has 0 fully saturated rings. The molecule has 0 aliphatic rings. The number of hydrogen-bond donors (Lipinski definition) is 2. The normalized spacial score (nSPS) is 12.6. The Morgan fingerprint density at radius 3 is 2.59 bits per heavy atom. The molecule has 1 unspecified atom stereocenters. The number of amides is 1. The zero-order chi connectivity index (χ0) is 16.9. The topological polar surface area (TPSA) is 75.6 Å². The van der Waals surface area contributed by atoms with E-state index < -0.39 is 23.7 Å². The van der Waals surface area contributed by atoms with Gasteiger partial charge >= 0.3 is 12.1 Å². The van der Waals surface area contributed by atoms with Crippen LogP contribution in [0.15, 0.2) is 22.7 Å². The van der Waals surface area contributed by atoms with E-state index in [0.717, 1.165) is 10.0 Å². The fraction of sp³-hybridized carbons (Fsp3) is 0.467. The summed E-state index contributed by atoms with van der Waals surface area (Å²) in [5.74, 6) is -1.00. The molecule has 0 heterocycles. The Morgan fingerprint density at radius 2 is 2.05 bits per heavy atom. The highest BCUT2D eigenvalue weighted by molar-refractivity contribution is 9.10. The smallest absolute Gasteiger partial charge is 0.407 e. The van der Waals surface area contributed by atoms with Crippen molar-refractivity contribution < 1.29 is 19.4 Å². The molecule has 7 heteroatoms. The van der Waals surface area contributed by atoms with Gasteiger partial charge in [0.2, 0.25) is 0 Å². The van der Waals surface area contributed by atoms with Crippen LogP contribution < -0.4 is 5.32 Å². The van der Waals surface area contributed by atoms with E-state index in [1.165, 1.54) is 0 Å². The van der Waals surface area contributed by atoms with Gasteiger partial charge in [-0.05, 0) is 51.0 Å². The lowest BCUT2D eigenvalue weighted by Crippen LogP contribution is -2.41. The number of ether oxygens (including phenoxy) is 1. The molecular weight excluding hydrogens is 374 g/mol. The molecule has 0 bridgehead atoms. The monoisotopic (exact) mass is 391 g/mol. The summed E-state index contributed by atoms with van der Waals surface area (Å²) < 4.78 is 5.96. The third kappa shape index (κ3) is 7.13.